The third-order valence-corrected chi connectivity index (χ3v) is 15.0. The zero-order chi connectivity index (χ0) is 48.8. The smallest absolute Gasteiger partial charge is 0.0622 e. The predicted octanol–water partition coefficient (Wildman–Crippen LogP) is 16.3. The maximum absolute atomic E-state index is 6.80. The SMILES string of the molecule is Cc1cc(N2Cc3cc(-n4c5ccccc5c5ccccc54)ccc3-c3ccc(Oc4[c-]c(-n5[c](=[Pt])n(-c6cc(C(C)(C)C)cc(C(C)(C)C)c6)c6ccccc65)ccc4)[c-]c32)ncc1-c1ccccc1. The fraction of sp³-hybridized carbons (Fsp3) is 0.156. The molecule has 0 spiro atoms. The first-order valence-corrected chi connectivity index (χ1v) is 25.4. The second-order valence-corrected chi connectivity index (χ2v) is 21.8. The number of aromatic nitrogens is 4. The number of hydrogen-bond donors (Lipinski definition) is 0. The van der Waals surface area contributed by atoms with Gasteiger partial charge >= 0.3 is 276 Å². The van der Waals surface area contributed by atoms with Crippen molar-refractivity contribution in [1.82, 2.24) is 18.7 Å². The van der Waals surface area contributed by atoms with Gasteiger partial charge in [-0.3, -0.25) is 0 Å². The average molecular weight is 1100 g/mol. The molecule has 352 valence electrons. The minimum absolute atomic E-state index is 0.0193. The fourth-order valence-corrected chi connectivity index (χ4v) is 11.4. The van der Waals surface area contributed by atoms with E-state index in [2.05, 4.69) is 250 Å². The van der Waals surface area contributed by atoms with Crippen molar-refractivity contribution in [3.05, 3.63) is 220 Å². The molecular formula is C64H53N5OPt-2. The van der Waals surface area contributed by atoms with Gasteiger partial charge in [-0.2, -0.15) is 0 Å². The zero-order valence-electron chi connectivity index (χ0n) is 41.0. The van der Waals surface area contributed by atoms with E-state index in [1.807, 2.05) is 30.5 Å². The summed E-state index contributed by atoms with van der Waals surface area (Å²) in [5.41, 5.74) is 18.1. The van der Waals surface area contributed by atoms with Crippen LogP contribution in [0.5, 0.6) is 11.5 Å². The molecule has 71 heavy (non-hydrogen) atoms. The summed E-state index contributed by atoms with van der Waals surface area (Å²) in [6.07, 6.45) is 2.01. The molecular weight excluding hydrogens is 1050 g/mol. The van der Waals surface area contributed by atoms with Gasteiger partial charge in [0.2, 0.25) is 0 Å². The molecule has 0 saturated carbocycles. The van der Waals surface area contributed by atoms with Crippen LogP contribution in [0.15, 0.2) is 182 Å². The number of imidazole rings is 1. The second-order valence-electron chi connectivity index (χ2n) is 20.8. The summed E-state index contributed by atoms with van der Waals surface area (Å²) >= 11 is 2.48. The van der Waals surface area contributed by atoms with Gasteiger partial charge in [0.15, 0.2) is 0 Å². The number of ether oxygens (including phenoxy) is 1. The number of hydrogen-bond acceptors (Lipinski definition) is 3. The van der Waals surface area contributed by atoms with E-state index in [1.165, 1.54) is 44.1 Å². The van der Waals surface area contributed by atoms with Gasteiger partial charge in [0.1, 0.15) is 0 Å². The molecule has 12 rings (SSSR count). The Morgan fingerprint density at radius 3 is 1.79 bits per heavy atom. The summed E-state index contributed by atoms with van der Waals surface area (Å²) < 4.78 is 14.9. The van der Waals surface area contributed by atoms with Gasteiger partial charge in [-0.25, -0.2) is 0 Å². The Labute approximate surface area is 426 Å². The molecule has 4 heterocycles. The van der Waals surface area contributed by atoms with Gasteiger partial charge in [0.05, 0.1) is 11.0 Å². The number of para-hydroxylation sites is 4. The Balaban J connectivity index is 0.951. The molecule has 1 aliphatic heterocycles. The first-order chi connectivity index (χ1) is 34.3. The molecule has 0 atom stereocenters. The maximum atomic E-state index is 6.80. The van der Waals surface area contributed by atoms with Crippen molar-refractivity contribution in [1.29, 1.82) is 0 Å². The Bertz CT molecular complexity index is 3870. The summed E-state index contributed by atoms with van der Waals surface area (Å²) in [5.74, 6) is 2.05. The van der Waals surface area contributed by atoms with Crippen LogP contribution in [-0.4, -0.2) is 18.7 Å². The first-order valence-electron chi connectivity index (χ1n) is 24.3. The Kier molecular flexibility index (Phi) is 10.8. The van der Waals surface area contributed by atoms with E-state index in [0.29, 0.717) is 18.0 Å². The first kappa shape index (κ1) is 44.7. The number of pyridine rings is 1. The molecule has 0 unspecified atom stereocenters. The van der Waals surface area contributed by atoms with Gasteiger partial charge < -0.3 is 4.57 Å². The molecule has 0 N–H and O–H groups in total. The molecule has 0 fully saturated rings. The van der Waals surface area contributed by atoms with E-state index < -0.39 is 0 Å². The van der Waals surface area contributed by atoms with E-state index in [0.717, 1.165) is 65.7 Å². The van der Waals surface area contributed by atoms with E-state index in [9.17, 15) is 0 Å². The van der Waals surface area contributed by atoms with E-state index in [4.69, 9.17) is 9.72 Å². The van der Waals surface area contributed by atoms with Crippen molar-refractivity contribution in [3.63, 3.8) is 0 Å². The number of anilines is 2. The Morgan fingerprint density at radius 1 is 0.521 bits per heavy atom. The molecule has 1 aliphatic rings. The molecule has 7 heteroatoms. The number of nitrogens with zero attached hydrogens (tertiary/aromatic N) is 5. The summed E-state index contributed by atoms with van der Waals surface area (Å²) in [6.45, 7) is 16.5. The summed E-state index contributed by atoms with van der Waals surface area (Å²) in [5, 5.41) is 2.49. The molecule has 11 aromatic rings. The van der Waals surface area contributed by atoms with Crippen LogP contribution in [0.3, 0.4) is 0 Å². The minimum Gasteiger partial charge on any atom is -0.0622 e. The third-order valence-electron chi connectivity index (χ3n) is 14.0. The van der Waals surface area contributed by atoms with Crippen LogP contribution < -0.4 is 9.64 Å². The van der Waals surface area contributed by atoms with Gasteiger partial charge in [-0.1, -0.05) is 66.7 Å². The van der Waals surface area contributed by atoms with Crippen molar-refractivity contribution in [2.45, 2.75) is 65.8 Å². The molecule has 0 bridgehead atoms. The van der Waals surface area contributed by atoms with Crippen LogP contribution in [0.2, 0.25) is 0 Å². The van der Waals surface area contributed by atoms with E-state index in [1.54, 1.807) is 0 Å². The monoisotopic (exact) mass is 1100 g/mol. The minimum atomic E-state index is -0.0193. The van der Waals surface area contributed by atoms with Gasteiger partial charge in [-0.15, -0.1) is 0 Å². The average Bonchev–Trinajstić information content (AvgIpc) is 3.87. The molecule has 0 aliphatic carbocycles. The van der Waals surface area contributed by atoms with Crippen molar-refractivity contribution in [2.75, 3.05) is 4.90 Å². The molecule has 0 saturated heterocycles. The zero-order valence-corrected chi connectivity index (χ0v) is 43.3. The standard InChI is InChI=1S/C64H53N5O.Pt/c1-42-32-62(65-39-56(42)43-18-9-8-10-19-43)66-40-44-33-48(69-57-24-13-11-22-53(57)54-23-12-14-25-58(54)69)28-30-52(44)55-31-29-51(38-61(55)66)70-50-21-17-20-47(37-50)67-41-68(60-27-16-15-26-59(60)67)49-35-45(63(2,3)4)34-46(36-49)64(5,6)7;/h8-36,39H,40H2,1-7H3;/q-2;. The van der Waals surface area contributed by atoms with Gasteiger partial charge in [-0.05, 0) is 42.3 Å². The van der Waals surface area contributed by atoms with Crippen molar-refractivity contribution < 1.29 is 24.1 Å². The quantitative estimate of drug-likeness (QED) is 0.149. The Morgan fingerprint density at radius 2 is 1.13 bits per heavy atom. The molecule has 0 amide bonds. The number of fused-ring (bicyclic) bond motifs is 7. The van der Waals surface area contributed by atoms with Crippen LogP contribution in [0.1, 0.15) is 63.8 Å². The second kappa shape index (κ2) is 17.1. The Hall–Kier alpha value is -7.53. The topological polar surface area (TPSA) is 40.1 Å². The number of aryl methyl sites for hydroxylation is 1. The van der Waals surface area contributed by atoms with E-state index >= 15 is 0 Å². The summed E-state index contributed by atoms with van der Waals surface area (Å²) in [6, 6.07) is 70.3. The van der Waals surface area contributed by atoms with Crippen molar-refractivity contribution in [2.24, 2.45) is 0 Å². The van der Waals surface area contributed by atoms with Crippen LogP contribution in [0.4, 0.5) is 11.5 Å². The van der Waals surface area contributed by atoms with Gasteiger partial charge in [0.25, 0.3) is 0 Å². The predicted molar refractivity (Wildman–Crippen MR) is 287 cm³/mol. The van der Waals surface area contributed by atoms with Crippen molar-refractivity contribution in [3.8, 4) is 50.8 Å². The molecule has 0 radical (unpaired) electrons. The van der Waals surface area contributed by atoms with Crippen LogP contribution in [0.25, 0.3) is 72.2 Å². The molecule has 3 aromatic heterocycles. The fourth-order valence-electron chi connectivity index (χ4n) is 10.3. The summed E-state index contributed by atoms with van der Waals surface area (Å²) in [7, 11) is 0. The van der Waals surface area contributed by atoms with Crippen LogP contribution in [-0.2, 0) is 36.7 Å². The third kappa shape index (κ3) is 7.86. The number of rotatable bonds is 7. The van der Waals surface area contributed by atoms with Crippen molar-refractivity contribution >= 4 is 44.3 Å². The summed E-state index contributed by atoms with van der Waals surface area (Å²) in [4.78, 5) is 7.45. The van der Waals surface area contributed by atoms with Crippen LogP contribution >= 0.6 is 0 Å². The normalized spacial score (nSPS) is 12.7. The molecule has 6 nitrogen and oxygen atoms in total. The van der Waals surface area contributed by atoms with Crippen LogP contribution in [0, 0.1) is 22.9 Å². The molecule has 8 aromatic carbocycles. The van der Waals surface area contributed by atoms with E-state index in [-0.39, 0.29) is 10.8 Å². The number of benzene rings is 8. The van der Waals surface area contributed by atoms with Gasteiger partial charge in [0, 0.05) is 28.2 Å².